The second kappa shape index (κ2) is 6.73. The first-order valence-electron chi connectivity index (χ1n) is 8.84. The number of carbonyl (C=O) groups is 1. The van der Waals surface area contributed by atoms with Gasteiger partial charge in [-0.1, -0.05) is 6.92 Å². The lowest BCUT2D eigenvalue weighted by molar-refractivity contribution is 0.0625. The Hall–Kier alpha value is -1.59. The van der Waals surface area contributed by atoms with Gasteiger partial charge in [0.05, 0.1) is 17.7 Å². The fourth-order valence-corrected chi connectivity index (χ4v) is 4.88. The van der Waals surface area contributed by atoms with E-state index in [1.165, 1.54) is 16.9 Å². The summed E-state index contributed by atoms with van der Waals surface area (Å²) in [5.41, 5.74) is 1.42. The van der Waals surface area contributed by atoms with Gasteiger partial charge in [0.15, 0.2) is 0 Å². The molecule has 0 saturated carbocycles. The number of hydrogen-bond donors (Lipinski definition) is 0. The largest absolute Gasteiger partial charge is 0.468 e. The highest BCUT2D eigenvalue weighted by Crippen LogP contribution is 2.32. The van der Waals surface area contributed by atoms with Crippen LogP contribution in [0.4, 0.5) is 0 Å². The van der Waals surface area contributed by atoms with Crippen LogP contribution in [-0.2, 0) is 19.4 Å². The van der Waals surface area contributed by atoms with Crippen molar-refractivity contribution in [2.45, 2.75) is 32.7 Å². The van der Waals surface area contributed by atoms with Crippen LogP contribution in [-0.4, -0.2) is 41.9 Å². The van der Waals surface area contributed by atoms with Crippen LogP contribution in [0.25, 0.3) is 0 Å². The second-order valence-electron chi connectivity index (χ2n) is 7.05. The minimum absolute atomic E-state index is 0.222. The summed E-state index contributed by atoms with van der Waals surface area (Å²) in [5, 5.41) is 0. The molecular formula is C19H24N2O2S. The van der Waals surface area contributed by atoms with E-state index in [9.17, 15) is 4.79 Å². The van der Waals surface area contributed by atoms with E-state index in [0.29, 0.717) is 0 Å². The number of thiophene rings is 1. The van der Waals surface area contributed by atoms with Crippen molar-refractivity contribution in [2.24, 2.45) is 5.92 Å². The third-order valence-corrected chi connectivity index (χ3v) is 6.38. The van der Waals surface area contributed by atoms with Gasteiger partial charge in [0.2, 0.25) is 0 Å². The lowest BCUT2D eigenvalue weighted by atomic mass is 9.90. The first-order chi connectivity index (χ1) is 11.7. The van der Waals surface area contributed by atoms with Crippen LogP contribution in [0.3, 0.4) is 0 Å². The smallest absolute Gasteiger partial charge is 0.264 e. The Morgan fingerprint density at radius 1 is 1.33 bits per heavy atom. The lowest BCUT2D eigenvalue weighted by Gasteiger charge is -2.34. The molecule has 24 heavy (non-hydrogen) atoms. The van der Waals surface area contributed by atoms with E-state index in [0.717, 1.165) is 62.1 Å². The van der Waals surface area contributed by atoms with Crippen LogP contribution < -0.4 is 0 Å². The summed E-state index contributed by atoms with van der Waals surface area (Å²) in [5.74, 6) is 1.97. The Morgan fingerprint density at radius 3 is 2.92 bits per heavy atom. The van der Waals surface area contributed by atoms with Gasteiger partial charge in [-0.2, -0.15) is 0 Å². The summed E-state index contributed by atoms with van der Waals surface area (Å²) >= 11 is 1.72. The summed E-state index contributed by atoms with van der Waals surface area (Å²) in [6, 6.07) is 6.09. The molecule has 2 aromatic heterocycles. The van der Waals surface area contributed by atoms with Crippen molar-refractivity contribution in [3.63, 3.8) is 0 Å². The van der Waals surface area contributed by atoms with Crippen molar-refractivity contribution in [3.8, 4) is 0 Å². The molecule has 2 aliphatic rings. The number of fused-ring (bicyclic) bond motifs is 1. The van der Waals surface area contributed by atoms with Crippen LogP contribution in [0.1, 0.15) is 39.2 Å². The van der Waals surface area contributed by atoms with Crippen LogP contribution in [0, 0.1) is 5.92 Å². The average molecular weight is 344 g/mol. The highest BCUT2D eigenvalue weighted by molar-refractivity contribution is 7.14. The number of nitrogens with zero attached hydrogens (tertiary/aromatic N) is 2. The van der Waals surface area contributed by atoms with Gasteiger partial charge in [0, 0.05) is 31.1 Å². The summed E-state index contributed by atoms with van der Waals surface area (Å²) in [7, 11) is 0. The minimum atomic E-state index is 0.222. The molecular weight excluding hydrogens is 320 g/mol. The average Bonchev–Trinajstić information content (AvgIpc) is 3.24. The van der Waals surface area contributed by atoms with E-state index in [1.807, 2.05) is 17.0 Å². The summed E-state index contributed by atoms with van der Waals surface area (Å²) in [6.45, 7) is 6.57. The molecule has 1 atom stereocenters. The molecule has 1 amide bonds. The Balaban J connectivity index is 1.36. The summed E-state index contributed by atoms with van der Waals surface area (Å²) in [6.07, 6.45) is 5.25. The maximum atomic E-state index is 12.8. The predicted molar refractivity (Wildman–Crippen MR) is 95.4 cm³/mol. The van der Waals surface area contributed by atoms with Crippen molar-refractivity contribution in [2.75, 3.05) is 26.2 Å². The normalized spacial score (nSPS) is 21.7. The van der Waals surface area contributed by atoms with E-state index in [2.05, 4.69) is 17.9 Å². The van der Waals surface area contributed by atoms with E-state index in [1.54, 1.807) is 17.6 Å². The van der Waals surface area contributed by atoms with Gasteiger partial charge in [-0.25, -0.2) is 0 Å². The molecule has 4 nitrogen and oxygen atoms in total. The number of furan rings is 1. The molecule has 0 spiro atoms. The van der Waals surface area contributed by atoms with Crippen LogP contribution >= 0.6 is 11.3 Å². The topological polar surface area (TPSA) is 36.7 Å². The number of rotatable bonds is 3. The highest BCUT2D eigenvalue weighted by Gasteiger charge is 2.26. The fraction of sp³-hybridized carbons (Fsp3) is 0.526. The predicted octanol–water partition coefficient (Wildman–Crippen LogP) is 3.42. The van der Waals surface area contributed by atoms with E-state index in [4.69, 9.17) is 4.42 Å². The minimum Gasteiger partial charge on any atom is -0.468 e. The van der Waals surface area contributed by atoms with E-state index in [-0.39, 0.29) is 5.91 Å². The van der Waals surface area contributed by atoms with Crippen molar-refractivity contribution in [1.82, 2.24) is 9.80 Å². The van der Waals surface area contributed by atoms with Crippen molar-refractivity contribution in [3.05, 3.63) is 45.5 Å². The Morgan fingerprint density at radius 2 is 2.17 bits per heavy atom. The highest BCUT2D eigenvalue weighted by atomic mass is 32.1. The maximum absolute atomic E-state index is 12.8. The second-order valence-corrected chi connectivity index (χ2v) is 8.19. The molecule has 128 valence electrons. The van der Waals surface area contributed by atoms with Crippen molar-refractivity contribution >= 4 is 17.2 Å². The third kappa shape index (κ3) is 3.28. The molecule has 0 bridgehead atoms. The molecule has 1 unspecified atom stereocenters. The van der Waals surface area contributed by atoms with Gasteiger partial charge in [-0.3, -0.25) is 9.69 Å². The monoisotopic (exact) mass is 344 g/mol. The zero-order valence-corrected chi connectivity index (χ0v) is 15.0. The lowest BCUT2D eigenvalue weighted by Crippen LogP contribution is -2.48. The third-order valence-electron chi connectivity index (χ3n) is 5.16. The molecule has 1 fully saturated rings. The number of carbonyl (C=O) groups excluding carboxylic acids is 1. The first-order valence-corrected chi connectivity index (χ1v) is 9.66. The van der Waals surface area contributed by atoms with Gasteiger partial charge < -0.3 is 9.32 Å². The Labute approximate surface area is 147 Å². The van der Waals surface area contributed by atoms with Gasteiger partial charge in [-0.15, -0.1) is 11.3 Å². The molecule has 0 N–H and O–H groups in total. The van der Waals surface area contributed by atoms with Crippen LogP contribution in [0.2, 0.25) is 0 Å². The molecule has 5 heteroatoms. The fourth-order valence-electron chi connectivity index (χ4n) is 3.70. The molecule has 0 radical (unpaired) electrons. The molecule has 4 rings (SSSR count). The van der Waals surface area contributed by atoms with Gasteiger partial charge >= 0.3 is 0 Å². The van der Waals surface area contributed by atoms with Crippen LogP contribution in [0.5, 0.6) is 0 Å². The summed E-state index contributed by atoms with van der Waals surface area (Å²) in [4.78, 5) is 19.6. The number of hydrogen-bond acceptors (Lipinski definition) is 4. The van der Waals surface area contributed by atoms with Crippen LogP contribution in [0.15, 0.2) is 28.9 Å². The Bertz CT molecular complexity index is 699. The molecule has 1 aliphatic carbocycles. The summed E-state index contributed by atoms with van der Waals surface area (Å²) < 4.78 is 5.41. The van der Waals surface area contributed by atoms with E-state index >= 15 is 0 Å². The van der Waals surface area contributed by atoms with Crippen molar-refractivity contribution < 1.29 is 9.21 Å². The quantitative estimate of drug-likeness (QED) is 0.856. The molecule has 0 aromatic carbocycles. The van der Waals surface area contributed by atoms with Gasteiger partial charge in [0.1, 0.15) is 5.76 Å². The first kappa shape index (κ1) is 15.9. The number of amides is 1. The zero-order chi connectivity index (χ0) is 16.5. The Kier molecular flexibility index (Phi) is 4.46. The maximum Gasteiger partial charge on any atom is 0.264 e. The van der Waals surface area contributed by atoms with Crippen molar-refractivity contribution in [1.29, 1.82) is 0 Å². The zero-order valence-electron chi connectivity index (χ0n) is 14.2. The molecule has 1 aliphatic heterocycles. The SMILES string of the molecule is CC1CCc2sc(C(=O)N3CCN(Cc4ccco4)CC3)cc2C1. The molecule has 3 heterocycles. The number of aryl methyl sites for hydroxylation is 1. The standard InChI is InChI=1S/C19H24N2O2S/c1-14-4-5-17-15(11-14)12-18(24-17)19(22)21-8-6-20(7-9-21)13-16-3-2-10-23-16/h2-3,10,12,14H,4-9,11,13H2,1H3. The molecule has 2 aromatic rings. The van der Waals surface area contributed by atoms with Gasteiger partial charge in [0.25, 0.3) is 5.91 Å². The van der Waals surface area contributed by atoms with Gasteiger partial charge in [-0.05, 0) is 48.9 Å². The number of piperazine rings is 1. The van der Waals surface area contributed by atoms with E-state index < -0.39 is 0 Å². The molecule has 1 saturated heterocycles.